The van der Waals surface area contributed by atoms with Crippen molar-refractivity contribution in [3.63, 3.8) is 0 Å². The maximum absolute atomic E-state index is 14.3. The summed E-state index contributed by atoms with van der Waals surface area (Å²) >= 11 is 0. The second-order valence-corrected chi connectivity index (χ2v) is 9.76. The van der Waals surface area contributed by atoms with E-state index in [1.165, 1.54) is 15.9 Å². The van der Waals surface area contributed by atoms with E-state index in [1.54, 1.807) is 25.1 Å². The van der Waals surface area contributed by atoms with E-state index in [2.05, 4.69) is 5.32 Å². The monoisotopic (exact) mass is 457 g/mol. The van der Waals surface area contributed by atoms with Gasteiger partial charge in [0, 0.05) is 30.6 Å². The molecule has 3 rings (SSSR count). The molecule has 8 heteroatoms. The lowest BCUT2D eigenvalue weighted by Gasteiger charge is -2.32. The number of fused-ring (bicyclic) bond motifs is 1. The number of halogens is 1. The highest BCUT2D eigenvalue weighted by Gasteiger charge is 2.47. The second-order valence-electron chi connectivity index (χ2n) is 9.76. The number of benzene rings is 1. The standard InChI is InChI=1S/C25H32FN3O4/c1-16(22(31)27-25(2,3)4)29(15-17-9-5-8-12-20(17)26)21(30)13-14-28-23(32)18-10-6-7-11-19(18)24(28)33/h5-9,12,16,18-19H,10-11,13-15H2,1-4H3,(H,27,31)/t16?,18-,19+. The highest BCUT2D eigenvalue weighted by atomic mass is 19.1. The molecule has 1 fully saturated rings. The zero-order valence-electron chi connectivity index (χ0n) is 19.6. The van der Waals surface area contributed by atoms with Gasteiger partial charge in [-0.1, -0.05) is 30.4 Å². The van der Waals surface area contributed by atoms with Gasteiger partial charge in [0.05, 0.1) is 11.8 Å². The quantitative estimate of drug-likeness (QED) is 0.504. The number of carbonyl (C=O) groups excluding carboxylic acids is 4. The average molecular weight is 458 g/mol. The third-order valence-corrected chi connectivity index (χ3v) is 6.11. The van der Waals surface area contributed by atoms with Crippen LogP contribution in [-0.4, -0.2) is 51.6 Å². The van der Waals surface area contributed by atoms with Gasteiger partial charge in [-0.2, -0.15) is 0 Å². The van der Waals surface area contributed by atoms with Crippen LogP contribution in [0.5, 0.6) is 0 Å². The van der Waals surface area contributed by atoms with Crippen molar-refractivity contribution in [2.75, 3.05) is 6.54 Å². The first-order valence-electron chi connectivity index (χ1n) is 11.3. The Balaban J connectivity index is 1.74. The number of nitrogens with zero attached hydrogens (tertiary/aromatic N) is 2. The molecule has 1 N–H and O–H groups in total. The van der Waals surface area contributed by atoms with Crippen LogP contribution in [0.2, 0.25) is 0 Å². The number of carbonyl (C=O) groups is 4. The molecular weight excluding hydrogens is 425 g/mol. The first-order valence-corrected chi connectivity index (χ1v) is 11.3. The van der Waals surface area contributed by atoms with Gasteiger partial charge in [-0.15, -0.1) is 0 Å². The number of rotatable bonds is 7. The fourth-order valence-electron chi connectivity index (χ4n) is 4.31. The van der Waals surface area contributed by atoms with Gasteiger partial charge >= 0.3 is 0 Å². The number of imide groups is 1. The Morgan fingerprint density at radius 1 is 1.12 bits per heavy atom. The summed E-state index contributed by atoms with van der Waals surface area (Å²) in [5.74, 6) is -2.48. The molecule has 0 spiro atoms. The Hall–Kier alpha value is -3.03. The van der Waals surface area contributed by atoms with Gasteiger partial charge in [-0.25, -0.2) is 4.39 Å². The smallest absolute Gasteiger partial charge is 0.242 e. The third-order valence-electron chi connectivity index (χ3n) is 6.11. The van der Waals surface area contributed by atoms with E-state index in [-0.39, 0.29) is 54.6 Å². The van der Waals surface area contributed by atoms with Gasteiger partial charge in [0.25, 0.3) is 0 Å². The van der Waals surface area contributed by atoms with Gasteiger partial charge in [-0.05, 0) is 46.6 Å². The van der Waals surface area contributed by atoms with Crippen LogP contribution in [-0.2, 0) is 25.7 Å². The SMILES string of the molecule is CC(C(=O)NC(C)(C)C)N(Cc1ccccc1F)C(=O)CCN1C(=O)[C@H]2CC=CC[C@H]2C1=O. The van der Waals surface area contributed by atoms with Crippen molar-refractivity contribution in [1.82, 2.24) is 15.1 Å². The summed E-state index contributed by atoms with van der Waals surface area (Å²) in [5, 5.41) is 2.85. The molecule has 1 saturated heterocycles. The lowest BCUT2D eigenvalue weighted by Crippen LogP contribution is -2.52. The summed E-state index contributed by atoms with van der Waals surface area (Å²) in [6.45, 7) is 6.94. The number of hydrogen-bond acceptors (Lipinski definition) is 4. The molecule has 0 aromatic heterocycles. The Kier molecular flexibility index (Phi) is 7.34. The zero-order chi connectivity index (χ0) is 24.3. The van der Waals surface area contributed by atoms with Crippen LogP contribution < -0.4 is 5.32 Å². The Labute approximate surface area is 194 Å². The van der Waals surface area contributed by atoms with E-state index in [0.29, 0.717) is 12.8 Å². The lowest BCUT2D eigenvalue weighted by molar-refractivity contribution is -0.144. The molecule has 1 aliphatic heterocycles. The average Bonchev–Trinajstić information content (AvgIpc) is 3.00. The predicted octanol–water partition coefficient (Wildman–Crippen LogP) is 2.80. The maximum Gasteiger partial charge on any atom is 0.242 e. The van der Waals surface area contributed by atoms with Crippen molar-refractivity contribution in [2.24, 2.45) is 11.8 Å². The summed E-state index contributed by atoms with van der Waals surface area (Å²) in [4.78, 5) is 53.9. The van der Waals surface area contributed by atoms with Gasteiger partial charge in [-0.3, -0.25) is 24.1 Å². The maximum atomic E-state index is 14.3. The van der Waals surface area contributed by atoms with Crippen molar-refractivity contribution in [2.45, 2.75) is 65.1 Å². The van der Waals surface area contributed by atoms with E-state index in [9.17, 15) is 23.6 Å². The number of allylic oxidation sites excluding steroid dienone is 2. The number of nitrogens with one attached hydrogen (secondary N) is 1. The van der Waals surface area contributed by atoms with Gasteiger partial charge < -0.3 is 10.2 Å². The number of amides is 4. The fraction of sp³-hybridized carbons (Fsp3) is 0.520. The van der Waals surface area contributed by atoms with Crippen LogP contribution in [0.4, 0.5) is 4.39 Å². The van der Waals surface area contributed by atoms with Crippen LogP contribution in [0.25, 0.3) is 0 Å². The van der Waals surface area contributed by atoms with Crippen molar-refractivity contribution >= 4 is 23.6 Å². The molecule has 33 heavy (non-hydrogen) atoms. The van der Waals surface area contributed by atoms with E-state index >= 15 is 0 Å². The van der Waals surface area contributed by atoms with Crippen LogP contribution in [0, 0.1) is 17.7 Å². The molecule has 0 saturated carbocycles. The largest absolute Gasteiger partial charge is 0.350 e. The first-order chi connectivity index (χ1) is 15.5. The number of likely N-dealkylation sites (tertiary alicyclic amines) is 1. The molecule has 0 bridgehead atoms. The summed E-state index contributed by atoms with van der Waals surface area (Å²) in [6.07, 6.45) is 4.75. The number of hydrogen-bond donors (Lipinski definition) is 1. The van der Waals surface area contributed by atoms with Crippen LogP contribution in [0.1, 0.15) is 52.5 Å². The summed E-state index contributed by atoms with van der Waals surface area (Å²) in [5.41, 5.74) is -0.219. The minimum absolute atomic E-state index is 0.0507. The molecule has 1 aromatic carbocycles. The Bertz CT molecular complexity index is 943. The third kappa shape index (κ3) is 5.67. The lowest BCUT2D eigenvalue weighted by atomic mass is 9.85. The van der Waals surface area contributed by atoms with Gasteiger partial charge in [0.2, 0.25) is 23.6 Å². The minimum atomic E-state index is -0.868. The van der Waals surface area contributed by atoms with Crippen molar-refractivity contribution in [3.05, 3.63) is 47.8 Å². The first kappa shape index (κ1) is 24.6. The fourth-order valence-corrected chi connectivity index (χ4v) is 4.31. The summed E-state index contributed by atoms with van der Waals surface area (Å²) < 4.78 is 14.3. The van der Waals surface area contributed by atoms with E-state index < -0.39 is 23.3 Å². The molecule has 2 aliphatic rings. The molecule has 7 nitrogen and oxygen atoms in total. The second kappa shape index (κ2) is 9.85. The molecule has 4 amide bonds. The summed E-state index contributed by atoms with van der Waals surface area (Å²) in [7, 11) is 0. The van der Waals surface area contributed by atoms with Crippen molar-refractivity contribution < 1.29 is 23.6 Å². The van der Waals surface area contributed by atoms with E-state index in [1.807, 2.05) is 32.9 Å². The predicted molar refractivity (Wildman–Crippen MR) is 121 cm³/mol. The van der Waals surface area contributed by atoms with E-state index in [0.717, 1.165) is 0 Å². The molecule has 1 aliphatic carbocycles. The normalized spacial score (nSPS) is 21.1. The van der Waals surface area contributed by atoms with Gasteiger partial charge in [0.15, 0.2) is 0 Å². The molecule has 3 atom stereocenters. The van der Waals surface area contributed by atoms with Crippen molar-refractivity contribution in [3.8, 4) is 0 Å². The Morgan fingerprint density at radius 2 is 1.70 bits per heavy atom. The molecule has 0 radical (unpaired) electrons. The van der Waals surface area contributed by atoms with Gasteiger partial charge in [0.1, 0.15) is 11.9 Å². The minimum Gasteiger partial charge on any atom is -0.350 e. The topological polar surface area (TPSA) is 86.8 Å². The molecular formula is C25H32FN3O4. The van der Waals surface area contributed by atoms with Crippen molar-refractivity contribution in [1.29, 1.82) is 0 Å². The zero-order valence-corrected chi connectivity index (χ0v) is 19.6. The van der Waals surface area contributed by atoms with Crippen LogP contribution >= 0.6 is 0 Å². The van der Waals surface area contributed by atoms with Crippen LogP contribution in [0.15, 0.2) is 36.4 Å². The molecule has 1 heterocycles. The molecule has 1 aromatic rings. The Morgan fingerprint density at radius 3 is 2.24 bits per heavy atom. The summed E-state index contributed by atoms with van der Waals surface area (Å²) in [6, 6.07) is 5.22. The molecule has 1 unspecified atom stereocenters. The van der Waals surface area contributed by atoms with Crippen LogP contribution in [0.3, 0.4) is 0 Å². The molecule has 178 valence electrons. The van der Waals surface area contributed by atoms with E-state index in [4.69, 9.17) is 0 Å². The highest BCUT2D eigenvalue weighted by molar-refractivity contribution is 6.05. The highest BCUT2D eigenvalue weighted by Crippen LogP contribution is 2.35.